The Morgan fingerprint density at radius 3 is 2.61 bits per heavy atom. The molecule has 4 aromatic rings. The van der Waals surface area contributed by atoms with Gasteiger partial charge < -0.3 is 19.4 Å². The van der Waals surface area contributed by atoms with Crippen molar-refractivity contribution < 1.29 is 14.3 Å². The number of amides is 1. The number of rotatable bonds is 4. The predicted octanol–water partition coefficient (Wildman–Crippen LogP) is 5.58. The van der Waals surface area contributed by atoms with Gasteiger partial charge in [-0.05, 0) is 57.4 Å². The van der Waals surface area contributed by atoms with Crippen LogP contribution in [-0.2, 0) is 24.3 Å². The van der Waals surface area contributed by atoms with E-state index in [1.807, 2.05) is 69.3 Å². The minimum absolute atomic E-state index is 0.163. The molecule has 0 bridgehead atoms. The van der Waals surface area contributed by atoms with Gasteiger partial charge in [-0.3, -0.25) is 9.36 Å². The molecule has 0 radical (unpaired) electrons. The summed E-state index contributed by atoms with van der Waals surface area (Å²) in [6.45, 7) is 7.20. The average Bonchev–Trinajstić information content (AvgIpc) is 3.03. The summed E-state index contributed by atoms with van der Waals surface area (Å²) in [5, 5.41) is 1.06. The molecule has 186 valence electrons. The van der Waals surface area contributed by atoms with Crippen molar-refractivity contribution >= 4 is 17.0 Å². The standard InChI is InChI=1S/C29H31N3O4/c1-29(2,3)36-28(34)31-14-7-10-25-24(18-31)23-12-11-21(16-26(23)30-25)32-15-13-22(17-27(32)33)35-19-20-8-5-4-6-9-20/h4-6,8-9,11-13,15-17,30H,7,10,14,18-19H2,1-3H3. The van der Waals surface area contributed by atoms with Gasteiger partial charge in [-0.1, -0.05) is 36.4 Å². The molecule has 0 fully saturated rings. The number of fused-ring (bicyclic) bond motifs is 3. The lowest BCUT2D eigenvalue weighted by Crippen LogP contribution is -2.36. The second-order valence-corrected chi connectivity index (χ2v) is 10.2. The van der Waals surface area contributed by atoms with E-state index in [1.54, 1.807) is 21.7 Å². The lowest BCUT2D eigenvalue weighted by molar-refractivity contribution is 0.0237. The van der Waals surface area contributed by atoms with E-state index in [4.69, 9.17) is 9.47 Å². The van der Waals surface area contributed by atoms with Gasteiger partial charge in [-0.2, -0.15) is 0 Å². The summed E-state index contributed by atoms with van der Waals surface area (Å²) in [4.78, 5) is 30.9. The summed E-state index contributed by atoms with van der Waals surface area (Å²) < 4.78 is 13.0. The van der Waals surface area contributed by atoms with E-state index in [0.717, 1.165) is 46.3 Å². The number of ether oxygens (including phenoxy) is 2. The molecule has 2 aromatic heterocycles. The highest BCUT2D eigenvalue weighted by atomic mass is 16.6. The Hall–Kier alpha value is -4.00. The van der Waals surface area contributed by atoms with Gasteiger partial charge in [-0.15, -0.1) is 0 Å². The Morgan fingerprint density at radius 1 is 1.06 bits per heavy atom. The number of carbonyl (C=O) groups excluding carboxylic acids is 1. The van der Waals surface area contributed by atoms with Gasteiger partial charge in [0.1, 0.15) is 18.0 Å². The highest BCUT2D eigenvalue weighted by Gasteiger charge is 2.26. The molecular weight excluding hydrogens is 454 g/mol. The number of carbonyl (C=O) groups is 1. The summed E-state index contributed by atoms with van der Waals surface area (Å²) in [5.74, 6) is 0.537. The third-order valence-corrected chi connectivity index (χ3v) is 6.25. The predicted molar refractivity (Wildman–Crippen MR) is 140 cm³/mol. The first-order valence-corrected chi connectivity index (χ1v) is 12.3. The van der Waals surface area contributed by atoms with Crippen LogP contribution in [0.1, 0.15) is 44.0 Å². The molecule has 1 aliphatic rings. The van der Waals surface area contributed by atoms with Gasteiger partial charge >= 0.3 is 6.09 Å². The Labute approximate surface area is 210 Å². The molecule has 0 aliphatic carbocycles. The van der Waals surface area contributed by atoms with Crippen molar-refractivity contribution in [2.45, 2.75) is 52.4 Å². The number of nitrogens with one attached hydrogen (secondary N) is 1. The quantitative estimate of drug-likeness (QED) is 0.409. The van der Waals surface area contributed by atoms with E-state index in [0.29, 0.717) is 25.4 Å². The number of H-pyrrole nitrogens is 1. The van der Waals surface area contributed by atoms with Crippen LogP contribution in [0, 0.1) is 0 Å². The molecule has 0 unspecified atom stereocenters. The Balaban J connectivity index is 1.37. The van der Waals surface area contributed by atoms with Crippen LogP contribution in [0.5, 0.6) is 5.75 Å². The zero-order valence-corrected chi connectivity index (χ0v) is 20.9. The number of pyridine rings is 1. The molecule has 0 spiro atoms. The van der Waals surface area contributed by atoms with Crippen LogP contribution in [0.3, 0.4) is 0 Å². The van der Waals surface area contributed by atoms with Crippen molar-refractivity contribution in [3.63, 3.8) is 0 Å². The Bertz CT molecular complexity index is 1450. The van der Waals surface area contributed by atoms with E-state index < -0.39 is 5.60 Å². The van der Waals surface area contributed by atoms with Crippen molar-refractivity contribution in [1.29, 1.82) is 0 Å². The molecule has 3 heterocycles. The third-order valence-electron chi connectivity index (χ3n) is 6.25. The maximum Gasteiger partial charge on any atom is 0.410 e. The highest BCUT2D eigenvalue weighted by Crippen LogP contribution is 2.29. The van der Waals surface area contributed by atoms with Crippen molar-refractivity contribution in [1.82, 2.24) is 14.5 Å². The minimum atomic E-state index is -0.531. The fourth-order valence-electron chi connectivity index (χ4n) is 4.55. The SMILES string of the molecule is CC(C)(C)OC(=O)N1CCCc2[nH]c3cc(-n4ccc(OCc5ccccc5)cc4=O)ccc3c2C1. The van der Waals surface area contributed by atoms with Gasteiger partial charge in [-0.25, -0.2) is 4.79 Å². The van der Waals surface area contributed by atoms with Gasteiger partial charge in [0.2, 0.25) is 0 Å². The first kappa shape index (κ1) is 23.7. The van der Waals surface area contributed by atoms with E-state index in [1.165, 1.54) is 6.07 Å². The minimum Gasteiger partial charge on any atom is -0.489 e. The van der Waals surface area contributed by atoms with Crippen LogP contribution >= 0.6 is 0 Å². The number of aromatic amines is 1. The van der Waals surface area contributed by atoms with E-state index >= 15 is 0 Å². The molecule has 1 N–H and O–H groups in total. The van der Waals surface area contributed by atoms with Crippen molar-refractivity contribution in [2.75, 3.05) is 6.54 Å². The molecule has 0 atom stereocenters. The highest BCUT2D eigenvalue weighted by molar-refractivity contribution is 5.87. The largest absolute Gasteiger partial charge is 0.489 e. The number of aromatic nitrogens is 2. The van der Waals surface area contributed by atoms with E-state index in [-0.39, 0.29) is 11.7 Å². The number of hydrogen-bond donors (Lipinski definition) is 1. The van der Waals surface area contributed by atoms with Crippen LogP contribution in [-0.4, -0.2) is 32.7 Å². The summed E-state index contributed by atoms with van der Waals surface area (Å²) in [5.41, 5.74) is 4.30. The smallest absolute Gasteiger partial charge is 0.410 e. The van der Waals surface area contributed by atoms with Gasteiger partial charge in [0.05, 0.1) is 12.2 Å². The van der Waals surface area contributed by atoms with Crippen LogP contribution in [0.2, 0.25) is 0 Å². The van der Waals surface area contributed by atoms with Crippen molar-refractivity contribution in [3.05, 3.63) is 94.0 Å². The molecule has 5 rings (SSSR count). The molecule has 7 heteroatoms. The van der Waals surface area contributed by atoms with Gasteiger partial charge in [0, 0.05) is 41.0 Å². The normalized spacial score (nSPS) is 13.8. The summed E-state index contributed by atoms with van der Waals surface area (Å²) >= 11 is 0. The monoisotopic (exact) mass is 485 g/mol. The first-order valence-electron chi connectivity index (χ1n) is 12.3. The fraction of sp³-hybridized carbons (Fsp3) is 0.310. The van der Waals surface area contributed by atoms with Gasteiger partial charge in [0.15, 0.2) is 0 Å². The van der Waals surface area contributed by atoms with Crippen LogP contribution in [0.25, 0.3) is 16.6 Å². The molecule has 36 heavy (non-hydrogen) atoms. The fourth-order valence-corrected chi connectivity index (χ4v) is 4.55. The lowest BCUT2D eigenvalue weighted by atomic mass is 10.1. The average molecular weight is 486 g/mol. The molecular formula is C29H31N3O4. The van der Waals surface area contributed by atoms with Crippen molar-refractivity contribution in [3.8, 4) is 11.4 Å². The number of aryl methyl sites for hydroxylation is 1. The summed E-state index contributed by atoms with van der Waals surface area (Å²) in [6, 6.07) is 19.1. The lowest BCUT2D eigenvalue weighted by Gasteiger charge is -2.26. The first-order chi connectivity index (χ1) is 17.3. The van der Waals surface area contributed by atoms with E-state index in [2.05, 4.69) is 4.98 Å². The maximum atomic E-state index is 12.9. The van der Waals surface area contributed by atoms with Crippen LogP contribution in [0.4, 0.5) is 4.79 Å². The van der Waals surface area contributed by atoms with E-state index in [9.17, 15) is 9.59 Å². The zero-order chi connectivity index (χ0) is 25.3. The molecule has 2 aromatic carbocycles. The second-order valence-electron chi connectivity index (χ2n) is 10.2. The number of nitrogens with zero attached hydrogens (tertiary/aromatic N) is 2. The summed E-state index contributed by atoms with van der Waals surface area (Å²) in [7, 11) is 0. The zero-order valence-electron chi connectivity index (χ0n) is 20.9. The second kappa shape index (κ2) is 9.57. The molecule has 0 saturated heterocycles. The number of hydrogen-bond acceptors (Lipinski definition) is 4. The van der Waals surface area contributed by atoms with Crippen molar-refractivity contribution in [2.24, 2.45) is 0 Å². The molecule has 7 nitrogen and oxygen atoms in total. The van der Waals surface area contributed by atoms with Gasteiger partial charge in [0.25, 0.3) is 5.56 Å². The number of benzene rings is 2. The maximum absolute atomic E-state index is 12.9. The van der Waals surface area contributed by atoms with Crippen LogP contribution < -0.4 is 10.3 Å². The summed E-state index contributed by atoms with van der Waals surface area (Å²) in [6.07, 6.45) is 3.16. The van der Waals surface area contributed by atoms with Crippen LogP contribution in [0.15, 0.2) is 71.7 Å². The topological polar surface area (TPSA) is 76.6 Å². The molecule has 0 saturated carbocycles. The Kier molecular flexibility index (Phi) is 6.31. The molecule has 1 amide bonds. The molecule has 1 aliphatic heterocycles. The third kappa shape index (κ3) is 5.15. The Morgan fingerprint density at radius 2 is 1.86 bits per heavy atom.